The van der Waals surface area contributed by atoms with Crippen molar-refractivity contribution in [1.82, 2.24) is 25.1 Å². The molecule has 258 valence electrons. The Hall–Kier alpha value is -2.84. The number of aromatic amines is 1. The Morgan fingerprint density at radius 2 is 1.87 bits per heavy atom. The molecule has 0 radical (unpaired) electrons. The first-order valence-corrected chi connectivity index (χ1v) is 18.7. The molecule has 0 unspecified atom stereocenters. The fraction of sp³-hybridized carbons (Fsp3) is 0.647. The molecule has 11 nitrogen and oxygen atoms in total. The number of phenols is 1. The number of ether oxygens (including phenoxy) is 2. The monoisotopic (exact) mass is 687 g/mol. The highest BCUT2D eigenvalue weighted by Gasteiger charge is 2.41. The lowest BCUT2D eigenvalue weighted by Gasteiger charge is -2.47. The summed E-state index contributed by atoms with van der Waals surface area (Å²) in [7, 11) is 0. The van der Waals surface area contributed by atoms with Gasteiger partial charge in [0.05, 0.1) is 34.7 Å². The van der Waals surface area contributed by atoms with Crippen LogP contribution in [0.4, 0.5) is 0 Å². The first-order chi connectivity index (χ1) is 22.8. The van der Waals surface area contributed by atoms with E-state index in [1.54, 1.807) is 12.3 Å². The summed E-state index contributed by atoms with van der Waals surface area (Å²) in [5, 5.41) is 14.4. The molecule has 1 aromatic carbocycles. The number of nitrogens with zero attached hydrogens (tertiary/aromatic N) is 3. The number of likely N-dealkylation sites (tertiary alicyclic amines) is 1. The predicted molar refractivity (Wildman–Crippen MR) is 186 cm³/mol. The predicted octanol–water partition coefficient (Wildman–Crippen LogP) is 5.42. The lowest BCUT2D eigenvalue weighted by Crippen LogP contribution is -2.58. The van der Waals surface area contributed by atoms with E-state index in [1.807, 2.05) is 4.90 Å². The van der Waals surface area contributed by atoms with E-state index in [2.05, 4.69) is 34.0 Å². The maximum absolute atomic E-state index is 13.2. The summed E-state index contributed by atoms with van der Waals surface area (Å²) in [4.78, 5) is 48.2. The third-order valence-corrected chi connectivity index (χ3v) is 11.6. The average molecular weight is 688 g/mol. The van der Waals surface area contributed by atoms with Gasteiger partial charge in [-0.25, -0.2) is 4.98 Å². The zero-order chi connectivity index (χ0) is 33.2. The summed E-state index contributed by atoms with van der Waals surface area (Å²) in [5.41, 5.74) is 0.873. The molecule has 3 aromatic rings. The third-order valence-electron chi connectivity index (χ3n) is 9.34. The van der Waals surface area contributed by atoms with Crippen molar-refractivity contribution in [2.24, 2.45) is 0 Å². The van der Waals surface area contributed by atoms with Crippen LogP contribution in [0.2, 0.25) is 0 Å². The molecule has 2 fully saturated rings. The number of piperidine rings is 1. The summed E-state index contributed by atoms with van der Waals surface area (Å²) >= 11 is 2.52. The van der Waals surface area contributed by atoms with Crippen LogP contribution in [0.1, 0.15) is 104 Å². The molecule has 1 spiro atoms. The number of fused-ring (bicyclic) bond motifs is 1. The van der Waals surface area contributed by atoms with Gasteiger partial charge in [0.2, 0.25) is 0 Å². The van der Waals surface area contributed by atoms with Gasteiger partial charge in [0.25, 0.3) is 12.4 Å². The number of aromatic nitrogens is 2. The van der Waals surface area contributed by atoms with Crippen LogP contribution in [-0.2, 0) is 14.3 Å². The van der Waals surface area contributed by atoms with Crippen LogP contribution in [-0.4, -0.2) is 95.3 Å². The third kappa shape index (κ3) is 9.41. The number of phenolic OH excluding ortho intramolecular Hbond substituents is 1. The number of aromatic hydroxyl groups is 1. The highest BCUT2D eigenvalue weighted by Crippen LogP contribution is 2.33. The van der Waals surface area contributed by atoms with Gasteiger partial charge in [-0.15, -0.1) is 11.3 Å². The van der Waals surface area contributed by atoms with Crippen molar-refractivity contribution in [2.45, 2.75) is 89.3 Å². The van der Waals surface area contributed by atoms with E-state index in [4.69, 9.17) is 9.47 Å². The number of benzene rings is 1. The second-order valence-electron chi connectivity index (χ2n) is 13.1. The van der Waals surface area contributed by atoms with Crippen LogP contribution >= 0.6 is 22.7 Å². The number of H-pyrrole nitrogens is 1. The minimum atomic E-state index is -0.533. The molecule has 0 saturated carbocycles. The van der Waals surface area contributed by atoms with Crippen LogP contribution in [0.3, 0.4) is 0 Å². The lowest BCUT2D eigenvalue weighted by atomic mass is 9.89. The zero-order valence-corrected chi connectivity index (χ0v) is 29.3. The molecule has 1 atom stereocenters. The summed E-state index contributed by atoms with van der Waals surface area (Å²) in [6.07, 6.45) is 11.5. The highest BCUT2D eigenvalue weighted by molar-refractivity contribution is 7.16. The maximum Gasteiger partial charge on any atom is 0.305 e. The Morgan fingerprint density at radius 3 is 2.60 bits per heavy atom. The SMILES string of the molecule is CC(C)c1ncc(C(=O)N2CCOC3(CCN(CCCCCCCCCNC[C@H](OC=O)c4ccc(O)c5[nH]c(=O)sc45)CC3)C2)s1. The molecule has 0 bridgehead atoms. The van der Waals surface area contributed by atoms with Gasteiger partial charge in [-0.05, 0) is 44.8 Å². The van der Waals surface area contributed by atoms with Gasteiger partial charge >= 0.3 is 4.87 Å². The second-order valence-corrected chi connectivity index (χ2v) is 15.2. The van der Waals surface area contributed by atoms with Crippen molar-refractivity contribution in [3.63, 3.8) is 0 Å². The second kappa shape index (κ2) is 17.0. The number of carbonyl (C=O) groups excluding carboxylic acids is 2. The Balaban J connectivity index is 0.909. The molecule has 4 heterocycles. The summed E-state index contributed by atoms with van der Waals surface area (Å²) in [6.45, 7) is 11.0. The molecule has 2 aromatic heterocycles. The Bertz CT molecular complexity index is 1510. The van der Waals surface area contributed by atoms with Crippen LogP contribution in [0.5, 0.6) is 5.75 Å². The molecular weight excluding hydrogens is 639 g/mol. The molecule has 13 heteroatoms. The largest absolute Gasteiger partial charge is 0.506 e. The molecular formula is C34H49N5O6S2. The topological polar surface area (TPSA) is 137 Å². The van der Waals surface area contributed by atoms with Gasteiger partial charge in [-0.3, -0.25) is 14.4 Å². The fourth-order valence-corrected chi connectivity index (χ4v) is 8.41. The molecule has 3 N–H and O–H groups in total. The first-order valence-electron chi connectivity index (χ1n) is 17.0. The highest BCUT2D eigenvalue weighted by atomic mass is 32.1. The van der Waals surface area contributed by atoms with Crippen molar-refractivity contribution in [1.29, 1.82) is 0 Å². The summed E-state index contributed by atoms with van der Waals surface area (Å²) in [5.74, 6) is 0.434. The van der Waals surface area contributed by atoms with Gasteiger partial charge in [0.1, 0.15) is 22.2 Å². The van der Waals surface area contributed by atoms with Gasteiger partial charge in [-0.1, -0.05) is 63.4 Å². The van der Waals surface area contributed by atoms with Crippen LogP contribution in [0.25, 0.3) is 10.2 Å². The fourth-order valence-electron chi connectivity index (χ4n) is 6.61. The van der Waals surface area contributed by atoms with Gasteiger partial charge in [-0.2, -0.15) is 0 Å². The van der Waals surface area contributed by atoms with Gasteiger partial charge in [0.15, 0.2) is 0 Å². The molecule has 0 aliphatic carbocycles. The van der Waals surface area contributed by atoms with E-state index in [0.29, 0.717) is 54.4 Å². The number of amides is 1. The molecule has 2 saturated heterocycles. The standard InChI is InChI=1S/C34H49N5O6S2/c1-24(2)31-36-21-28(46-31)32(42)39-18-19-45-34(22-39)12-16-38(17-13-34)15-9-7-5-3-4-6-8-14-35-20-27(44-23-40)25-10-11-26(41)29-30(25)47-33(43)37-29/h10-11,21,23-24,27,35,41H,3-9,12-20,22H2,1-2H3,(H,37,43)/t27-/m0/s1. The quantitative estimate of drug-likeness (QED) is 0.126. The van der Waals surface area contributed by atoms with E-state index in [-0.39, 0.29) is 22.1 Å². The number of nitrogens with one attached hydrogen (secondary N) is 2. The first kappa shape index (κ1) is 35.5. The smallest absolute Gasteiger partial charge is 0.305 e. The van der Waals surface area contributed by atoms with Crippen molar-refractivity contribution in [3.8, 4) is 5.75 Å². The maximum atomic E-state index is 13.2. The minimum absolute atomic E-state index is 0.00421. The van der Waals surface area contributed by atoms with E-state index in [9.17, 15) is 19.5 Å². The number of unbranched alkanes of at least 4 members (excludes halogenated alkanes) is 6. The van der Waals surface area contributed by atoms with Crippen molar-refractivity contribution in [3.05, 3.63) is 43.4 Å². The van der Waals surface area contributed by atoms with Crippen molar-refractivity contribution < 1.29 is 24.2 Å². The summed E-state index contributed by atoms with van der Waals surface area (Å²) in [6, 6.07) is 3.22. The molecule has 5 rings (SSSR count). The van der Waals surface area contributed by atoms with E-state index >= 15 is 0 Å². The van der Waals surface area contributed by atoms with E-state index in [0.717, 1.165) is 73.1 Å². The number of hydrogen-bond donors (Lipinski definition) is 3. The normalized spacial score (nSPS) is 17.5. The number of carbonyl (C=O) groups is 2. The minimum Gasteiger partial charge on any atom is -0.506 e. The van der Waals surface area contributed by atoms with Crippen molar-refractivity contribution in [2.75, 3.05) is 52.4 Å². The molecule has 47 heavy (non-hydrogen) atoms. The van der Waals surface area contributed by atoms with Gasteiger partial charge in [0, 0.05) is 37.7 Å². The molecule has 1 amide bonds. The number of thiazole rings is 2. The van der Waals surface area contributed by atoms with Crippen LogP contribution in [0.15, 0.2) is 23.1 Å². The summed E-state index contributed by atoms with van der Waals surface area (Å²) < 4.78 is 12.2. The van der Waals surface area contributed by atoms with Crippen molar-refractivity contribution >= 4 is 45.3 Å². The van der Waals surface area contributed by atoms with Gasteiger partial charge < -0.3 is 34.7 Å². The lowest BCUT2D eigenvalue weighted by molar-refractivity contribution is -0.133. The Labute approximate surface area is 284 Å². The number of morpholine rings is 1. The molecule has 2 aliphatic rings. The van der Waals surface area contributed by atoms with Crippen LogP contribution in [0, 0.1) is 0 Å². The number of rotatable bonds is 17. The Morgan fingerprint density at radius 1 is 1.13 bits per heavy atom. The van der Waals surface area contributed by atoms with Crippen LogP contribution < -0.4 is 10.2 Å². The Kier molecular flexibility index (Phi) is 12.8. The van der Waals surface area contributed by atoms with E-state index < -0.39 is 6.10 Å². The molecule has 2 aliphatic heterocycles. The number of hydrogen-bond acceptors (Lipinski definition) is 11. The zero-order valence-electron chi connectivity index (χ0n) is 27.6. The average Bonchev–Trinajstić information content (AvgIpc) is 3.72. The van der Waals surface area contributed by atoms with E-state index in [1.165, 1.54) is 49.5 Å².